The smallest absolute Gasteiger partial charge is 0.365 e. The summed E-state index contributed by atoms with van der Waals surface area (Å²) in [5.41, 5.74) is 1.42. The minimum atomic E-state index is -4.35. The van der Waals surface area contributed by atoms with Crippen molar-refractivity contribution in [2.45, 2.75) is 18.6 Å². The lowest BCUT2D eigenvalue weighted by Gasteiger charge is -2.15. The molecule has 3 heterocycles. The van der Waals surface area contributed by atoms with E-state index in [2.05, 4.69) is 20.6 Å². The molecule has 1 aromatic carbocycles. The lowest BCUT2D eigenvalue weighted by atomic mass is 10.0. The average molecular weight is 395 g/mol. The number of fused-ring (bicyclic) bond motifs is 1. The van der Waals surface area contributed by atoms with E-state index in [4.69, 9.17) is 0 Å². The molecule has 0 bridgehead atoms. The Kier molecular flexibility index (Phi) is 5.53. The van der Waals surface area contributed by atoms with Gasteiger partial charge in [-0.1, -0.05) is 12.1 Å². The normalized spacial score (nSPS) is 16.9. The van der Waals surface area contributed by atoms with Gasteiger partial charge in [0, 0.05) is 35.9 Å². The molecule has 1 aliphatic rings. The first kappa shape index (κ1) is 19.4. The van der Waals surface area contributed by atoms with Gasteiger partial charge >= 0.3 is 6.18 Å². The number of rotatable bonds is 3. The van der Waals surface area contributed by atoms with Crippen LogP contribution in [0.5, 0.6) is 0 Å². The maximum Gasteiger partial charge on any atom is 0.416 e. The molecule has 3 aromatic rings. The van der Waals surface area contributed by atoms with E-state index in [1.54, 1.807) is 12.4 Å². The van der Waals surface area contributed by atoms with E-state index in [9.17, 15) is 13.2 Å². The highest BCUT2D eigenvalue weighted by Crippen LogP contribution is 2.34. The Morgan fingerprint density at radius 1 is 1.07 bits per heavy atom. The first-order chi connectivity index (χ1) is 12.5. The summed E-state index contributed by atoms with van der Waals surface area (Å²) in [5, 5.41) is 7.58. The Morgan fingerprint density at radius 2 is 1.85 bits per heavy atom. The summed E-state index contributed by atoms with van der Waals surface area (Å²) in [6.45, 7) is 1.85. The number of nitrogens with one attached hydrogen (secondary N) is 2. The summed E-state index contributed by atoms with van der Waals surface area (Å²) in [6.07, 6.45) is 0.0176. The van der Waals surface area contributed by atoms with Gasteiger partial charge in [0.1, 0.15) is 5.82 Å². The fourth-order valence-electron chi connectivity index (χ4n) is 3.21. The van der Waals surface area contributed by atoms with Crippen molar-refractivity contribution < 1.29 is 13.2 Å². The zero-order valence-corrected chi connectivity index (χ0v) is 15.1. The summed E-state index contributed by atoms with van der Waals surface area (Å²) in [6, 6.07) is 9.15. The van der Waals surface area contributed by atoms with Gasteiger partial charge in [0.2, 0.25) is 0 Å². The molecule has 142 valence electrons. The molecule has 0 aliphatic carbocycles. The van der Waals surface area contributed by atoms with Gasteiger partial charge in [-0.05, 0) is 42.8 Å². The predicted molar refractivity (Wildman–Crippen MR) is 102 cm³/mol. The standard InChI is InChI=1S/C19H17F3N4.ClH/c20-19(21,22)13-5-3-12(4-6-13)16-11-25-18(26-14-7-9-23-10-14)15-2-1-8-24-17(15)16;/h1-6,8,11,14,23H,7,9-10H2,(H,25,26);1H. The fraction of sp³-hybridized carbons (Fsp3) is 0.263. The highest BCUT2D eigenvalue weighted by Gasteiger charge is 2.30. The molecule has 1 saturated heterocycles. The van der Waals surface area contributed by atoms with Gasteiger partial charge in [-0.15, -0.1) is 12.4 Å². The number of hydrogen-bond donors (Lipinski definition) is 2. The molecule has 0 spiro atoms. The number of pyridine rings is 2. The molecule has 1 fully saturated rings. The summed E-state index contributed by atoms with van der Waals surface area (Å²) in [5.74, 6) is 0.748. The summed E-state index contributed by atoms with van der Waals surface area (Å²) in [4.78, 5) is 8.96. The molecule has 0 saturated carbocycles. The quantitative estimate of drug-likeness (QED) is 0.686. The highest BCUT2D eigenvalue weighted by atomic mass is 35.5. The van der Waals surface area contributed by atoms with Crippen molar-refractivity contribution in [1.29, 1.82) is 0 Å². The van der Waals surface area contributed by atoms with Crippen LogP contribution in [0.15, 0.2) is 48.8 Å². The van der Waals surface area contributed by atoms with Crippen LogP contribution in [0.25, 0.3) is 22.0 Å². The average Bonchev–Trinajstić information content (AvgIpc) is 3.15. The number of halogens is 4. The van der Waals surface area contributed by atoms with Crippen LogP contribution in [0.3, 0.4) is 0 Å². The lowest BCUT2D eigenvalue weighted by Crippen LogP contribution is -2.22. The van der Waals surface area contributed by atoms with Crippen molar-refractivity contribution in [1.82, 2.24) is 15.3 Å². The van der Waals surface area contributed by atoms with E-state index in [1.165, 1.54) is 12.1 Å². The molecule has 8 heteroatoms. The van der Waals surface area contributed by atoms with E-state index < -0.39 is 11.7 Å². The van der Waals surface area contributed by atoms with E-state index in [0.29, 0.717) is 17.2 Å². The number of benzene rings is 1. The minimum absolute atomic E-state index is 0. The summed E-state index contributed by atoms with van der Waals surface area (Å²) < 4.78 is 38.4. The molecule has 1 aliphatic heterocycles. The third-order valence-electron chi connectivity index (χ3n) is 4.57. The topological polar surface area (TPSA) is 49.8 Å². The van der Waals surface area contributed by atoms with Gasteiger partial charge < -0.3 is 10.6 Å². The van der Waals surface area contributed by atoms with E-state index in [-0.39, 0.29) is 12.4 Å². The molecular formula is C19H18ClF3N4. The molecule has 27 heavy (non-hydrogen) atoms. The third-order valence-corrected chi connectivity index (χ3v) is 4.57. The van der Waals surface area contributed by atoms with Gasteiger partial charge in [-0.3, -0.25) is 4.98 Å². The van der Waals surface area contributed by atoms with Gasteiger partial charge in [0.05, 0.1) is 11.1 Å². The Balaban J connectivity index is 0.00000210. The largest absolute Gasteiger partial charge is 0.416 e. The second-order valence-electron chi connectivity index (χ2n) is 6.33. The van der Waals surface area contributed by atoms with Crippen LogP contribution in [0.2, 0.25) is 0 Å². The summed E-state index contributed by atoms with van der Waals surface area (Å²) in [7, 11) is 0. The van der Waals surface area contributed by atoms with Crippen molar-refractivity contribution in [3.63, 3.8) is 0 Å². The molecule has 4 rings (SSSR count). The first-order valence-corrected chi connectivity index (χ1v) is 8.41. The molecule has 0 amide bonds. The van der Waals surface area contributed by atoms with Gasteiger partial charge in [-0.2, -0.15) is 13.2 Å². The molecule has 0 radical (unpaired) electrons. The Bertz CT molecular complexity index is 922. The van der Waals surface area contributed by atoms with Gasteiger partial charge in [-0.25, -0.2) is 4.98 Å². The second kappa shape index (κ2) is 7.70. The second-order valence-corrected chi connectivity index (χ2v) is 6.33. The number of aromatic nitrogens is 2. The maximum absolute atomic E-state index is 12.8. The van der Waals surface area contributed by atoms with Crippen LogP contribution < -0.4 is 10.6 Å². The third kappa shape index (κ3) is 3.99. The van der Waals surface area contributed by atoms with Crippen LogP contribution in [-0.4, -0.2) is 29.1 Å². The molecule has 1 atom stereocenters. The van der Waals surface area contributed by atoms with Crippen LogP contribution in [0.4, 0.5) is 19.0 Å². The number of alkyl halides is 3. The first-order valence-electron chi connectivity index (χ1n) is 8.41. The maximum atomic E-state index is 12.8. The number of anilines is 1. The van der Waals surface area contributed by atoms with Gasteiger partial charge in [0.25, 0.3) is 0 Å². The SMILES string of the molecule is Cl.FC(F)(F)c1ccc(-c2cnc(NC3CCNC3)c3cccnc23)cc1. The predicted octanol–water partition coefficient (Wildman–Crippen LogP) is 4.51. The molecular weight excluding hydrogens is 377 g/mol. The van der Waals surface area contributed by atoms with Crippen molar-refractivity contribution >= 4 is 29.1 Å². The summed E-state index contributed by atoms with van der Waals surface area (Å²) >= 11 is 0. The van der Waals surface area contributed by atoms with Crippen molar-refractivity contribution in [3.05, 3.63) is 54.4 Å². The Hall–Kier alpha value is -2.38. The number of hydrogen-bond acceptors (Lipinski definition) is 4. The zero-order valence-electron chi connectivity index (χ0n) is 14.3. The monoisotopic (exact) mass is 394 g/mol. The Labute approximate surface area is 160 Å². The molecule has 4 nitrogen and oxygen atoms in total. The fourth-order valence-corrected chi connectivity index (χ4v) is 3.21. The van der Waals surface area contributed by atoms with Crippen LogP contribution >= 0.6 is 12.4 Å². The van der Waals surface area contributed by atoms with Crippen molar-refractivity contribution in [2.24, 2.45) is 0 Å². The van der Waals surface area contributed by atoms with Crippen LogP contribution in [0, 0.1) is 0 Å². The van der Waals surface area contributed by atoms with E-state index in [1.807, 2.05) is 12.1 Å². The number of nitrogens with zero attached hydrogens (tertiary/aromatic N) is 2. The molecule has 2 N–H and O–H groups in total. The van der Waals surface area contributed by atoms with Crippen molar-refractivity contribution in [2.75, 3.05) is 18.4 Å². The van der Waals surface area contributed by atoms with Gasteiger partial charge in [0.15, 0.2) is 0 Å². The minimum Gasteiger partial charge on any atom is -0.365 e. The van der Waals surface area contributed by atoms with E-state index >= 15 is 0 Å². The highest BCUT2D eigenvalue weighted by molar-refractivity contribution is 5.99. The molecule has 2 aromatic heterocycles. The Morgan fingerprint density at radius 3 is 2.52 bits per heavy atom. The zero-order chi connectivity index (χ0) is 18.1. The van der Waals surface area contributed by atoms with Crippen LogP contribution in [0.1, 0.15) is 12.0 Å². The van der Waals surface area contributed by atoms with E-state index in [0.717, 1.165) is 48.4 Å². The lowest BCUT2D eigenvalue weighted by molar-refractivity contribution is -0.137. The van der Waals surface area contributed by atoms with Crippen molar-refractivity contribution in [3.8, 4) is 11.1 Å². The van der Waals surface area contributed by atoms with Crippen LogP contribution in [-0.2, 0) is 6.18 Å². The molecule has 1 unspecified atom stereocenters.